The number of hydrogen-bond acceptors (Lipinski definition) is 4. The molecule has 1 unspecified atom stereocenters. The first-order chi connectivity index (χ1) is 8.82. The number of imide groups is 1. The normalized spacial score (nSPS) is 16.6. The van der Waals surface area contributed by atoms with E-state index in [1.807, 2.05) is 0 Å². The van der Waals surface area contributed by atoms with E-state index in [9.17, 15) is 18.0 Å². The van der Waals surface area contributed by atoms with E-state index < -0.39 is 27.2 Å². The van der Waals surface area contributed by atoms with Crippen molar-refractivity contribution < 1.29 is 22.6 Å². The summed E-state index contributed by atoms with van der Waals surface area (Å²) < 4.78 is 30.6. The van der Waals surface area contributed by atoms with E-state index in [2.05, 4.69) is 0 Å². The molecule has 1 atom stereocenters. The van der Waals surface area contributed by atoms with Crippen LogP contribution in [0.3, 0.4) is 0 Å². The molecular formula is C12H13NO5S. The number of amides is 2. The number of nitrogens with zero attached hydrogens (tertiary/aromatic N) is 1. The first-order valence-electron chi connectivity index (χ1n) is 5.74. The van der Waals surface area contributed by atoms with E-state index in [1.54, 1.807) is 24.3 Å². The Hall–Kier alpha value is -1.73. The molecule has 0 spiro atoms. The average Bonchev–Trinajstić information content (AvgIpc) is 2.59. The summed E-state index contributed by atoms with van der Waals surface area (Å²) in [4.78, 5) is 24.9. The first kappa shape index (κ1) is 13.7. The van der Waals surface area contributed by atoms with Crippen LogP contribution in [-0.4, -0.2) is 41.5 Å². The van der Waals surface area contributed by atoms with E-state index in [4.69, 9.17) is 4.55 Å². The van der Waals surface area contributed by atoms with Crippen molar-refractivity contribution in [2.75, 3.05) is 6.54 Å². The highest BCUT2D eigenvalue weighted by molar-refractivity contribution is 7.86. The maximum absolute atomic E-state index is 12.0. The van der Waals surface area contributed by atoms with Crippen LogP contribution in [0.5, 0.6) is 0 Å². The molecule has 6 nitrogen and oxygen atoms in total. The highest BCUT2D eigenvalue weighted by atomic mass is 32.2. The zero-order valence-corrected chi connectivity index (χ0v) is 11.1. The van der Waals surface area contributed by atoms with Crippen molar-refractivity contribution in [3.05, 3.63) is 35.4 Å². The first-order valence-corrected chi connectivity index (χ1v) is 7.24. The molecular weight excluding hydrogens is 270 g/mol. The molecule has 0 fully saturated rings. The Balaban J connectivity index is 2.13. The standard InChI is InChI=1S/C12H13NO5S/c1-8(19(16,17)18)6-7-13-11(14)9-4-2-3-5-10(9)12(13)15/h2-5,8H,6-7H2,1H3,(H,16,17,18). The van der Waals surface area contributed by atoms with Crippen LogP contribution >= 0.6 is 0 Å². The molecule has 19 heavy (non-hydrogen) atoms. The van der Waals surface area contributed by atoms with Gasteiger partial charge in [-0.15, -0.1) is 0 Å². The van der Waals surface area contributed by atoms with Crippen LogP contribution in [0.1, 0.15) is 34.1 Å². The monoisotopic (exact) mass is 283 g/mol. The fourth-order valence-corrected chi connectivity index (χ4v) is 2.31. The second-order valence-corrected chi connectivity index (χ2v) is 6.26. The zero-order chi connectivity index (χ0) is 14.2. The third-order valence-corrected chi connectivity index (χ3v) is 4.40. The molecule has 0 aliphatic carbocycles. The third kappa shape index (κ3) is 2.52. The number of rotatable bonds is 4. The Morgan fingerprint density at radius 2 is 1.63 bits per heavy atom. The molecule has 1 heterocycles. The van der Waals surface area contributed by atoms with Gasteiger partial charge in [0.1, 0.15) is 0 Å². The average molecular weight is 283 g/mol. The highest BCUT2D eigenvalue weighted by Crippen LogP contribution is 2.23. The number of fused-ring (bicyclic) bond motifs is 1. The quantitative estimate of drug-likeness (QED) is 0.656. The molecule has 2 rings (SSSR count). The van der Waals surface area contributed by atoms with Crippen LogP contribution in [0.2, 0.25) is 0 Å². The summed E-state index contributed by atoms with van der Waals surface area (Å²) in [5.41, 5.74) is 0.652. The fraction of sp³-hybridized carbons (Fsp3) is 0.333. The molecule has 0 radical (unpaired) electrons. The molecule has 1 aromatic rings. The van der Waals surface area contributed by atoms with Crippen molar-refractivity contribution in [3.8, 4) is 0 Å². The van der Waals surface area contributed by atoms with Gasteiger partial charge in [-0.05, 0) is 25.5 Å². The van der Waals surface area contributed by atoms with Crippen LogP contribution < -0.4 is 0 Å². The minimum absolute atomic E-state index is 0.00427. The second kappa shape index (κ2) is 4.75. The van der Waals surface area contributed by atoms with Crippen molar-refractivity contribution in [2.24, 2.45) is 0 Å². The topological polar surface area (TPSA) is 91.8 Å². The van der Waals surface area contributed by atoms with E-state index in [0.29, 0.717) is 11.1 Å². The molecule has 2 amide bonds. The van der Waals surface area contributed by atoms with Crippen molar-refractivity contribution in [1.82, 2.24) is 4.90 Å². The summed E-state index contributed by atoms with van der Waals surface area (Å²) in [5.74, 6) is -0.855. The second-order valence-electron chi connectivity index (χ2n) is 4.42. The van der Waals surface area contributed by atoms with Gasteiger partial charge in [0.15, 0.2) is 0 Å². The van der Waals surface area contributed by atoms with Gasteiger partial charge in [-0.1, -0.05) is 12.1 Å². The van der Waals surface area contributed by atoms with Gasteiger partial charge < -0.3 is 0 Å². The molecule has 7 heteroatoms. The molecule has 0 saturated carbocycles. The molecule has 0 aromatic heterocycles. The Labute approximate surface area is 110 Å². The maximum atomic E-state index is 12.0. The lowest BCUT2D eigenvalue weighted by molar-refractivity contribution is 0.0652. The highest BCUT2D eigenvalue weighted by Gasteiger charge is 2.35. The zero-order valence-electron chi connectivity index (χ0n) is 10.2. The van der Waals surface area contributed by atoms with Crippen molar-refractivity contribution in [1.29, 1.82) is 0 Å². The fourth-order valence-electron chi connectivity index (χ4n) is 1.90. The maximum Gasteiger partial charge on any atom is 0.267 e. The Morgan fingerprint density at radius 1 is 1.16 bits per heavy atom. The summed E-state index contributed by atoms with van der Waals surface area (Å²) >= 11 is 0. The summed E-state index contributed by atoms with van der Waals surface area (Å²) in [7, 11) is -4.15. The van der Waals surface area contributed by atoms with Crippen LogP contribution in [0.25, 0.3) is 0 Å². The Kier molecular flexibility index (Phi) is 3.42. The summed E-state index contributed by atoms with van der Waals surface area (Å²) in [6.45, 7) is 1.29. The van der Waals surface area contributed by atoms with Crippen LogP contribution in [0.4, 0.5) is 0 Å². The Morgan fingerprint density at radius 3 is 2.05 bits per heavy atom. The van der Waals surface area contributed by atoms with Crippen LogP contribution in [0.15, 0.2) is 24.3 Å². The lowest BCUT2D eigenvalue weighted by Gasteiger charge is -2.15. The van der Waals surface area contributed by atoms with Gasteiger partial charge >= 0.3 is 0 Å². The van der Waals surface area contributed by atoms with Crippen LogP contribution in [-0.2, 0) is 10.1 Å². The summed E-state index contributed by atoms with van der Waals surface area (Å²) in [6.07, 6.45) is 0.00427. The van der Waals surface area contributed by atoms with Gasteiger partial charge in [-0.25, -0.2) is 0 Å². The molecule has 0 bridgehead atoms. The van der Waals surface area contributed by atoms with Crippen LogP contribution in [0, 0.1) is 0 Å². The SMILES string of the molecule is CC(CCN1C(=O)c2ccccc2C1=O)S(=O)(=O)O. The summed E-state index contributed by atoms with van der Waals surface area (Å²) in [5, 5.41) is -1.02. The number of hydrogen-bond donors (Lipinski definition) is 1. The van der Waals surface area contributed by atoms with Gasteiger partial charge in [0.2, 0.25) is 0 Å². The smallest absolute Gasteiger partial charge is 0.267 e. The van der Waals surface area contributed by atoms with Crippen molar-refractivity contribution >= 4 is 21.9 Å². The third-order valence-electron chi connectivity index (χ3n) is 3.15. The van der Waals surface area contributed by atoms with E-state index in [0.717, 1.165) is 4.90 Å². The van der Waals surface area contributed by atoms with Gasteiger partial charge in [0.25, 0.3) is 21.9 Å². The van der Waals surface area contributed by atoms with E-state index in [-0.39, 0.29) is 13.0 Å². The number of benzene rings is 1. The van der Waals surface area contributed by atoms with E-state index >= 15 is 0 Å². The molecule has 1 aliphatic rings. The minimum Gasteiger partial charge on any atom is -0.285 e. The molecule has 0 saturated heterocycles. The number of carbonyl (C=O) groups excluding carboxylic acids is 2. The summed E-state index contributed by atoms with van der Waals surface area (Å²) in [6, 6.07) is 6.44. The van der Waals surface area contributed by atoms with Gasteiger partial charge in [-0.2, -0.15) is 8.42 Å². The molecule has 102 valence electrons. The molecule has 1 aliphatic heterocycles. The lowest BCUT2D eigenvalue weighted by Crippen LogP contribution is -2.33. The molecule has 1 N–H and O–H groups in total. The van der Waals surface area contributed by atoms with E-state index in [1.165, 1.54) is 6.92 Å². The number of carbonyl (C=O) groups is 2. The Bertz CT molecular complexity index is 602. The van der Waals surface area contributed by atoms with Crippen molar-refractivity contribution in [2.45, 2.75) is 18.6 Å². The lowest BCUT2D eigenvalue weighted by atomic mass is 10.1. The van der Waals surface area contributed by atoms with Crippen molar-refractivity contribution in [3.63, 3.8) is 0 Å². The predicted molar refractivity (Wildman–Crippen MR) is 67.4 cm³/mol. The van der Waals surface area contributed by atoms with Gasteiger partial charge in [0.05, 0.1) is 16.4 Å². The molecule has 1 aromatic carbocycles. The van der Waals surface area contributed by atoms with Gasteiger partial charge in [-0.3, -0.25) is 19.0 Å². The largest absolute Gasteiger partial charge is 0.285 e. The van der Waals surface area contributed by atoms with Gasteiger partial charge in [0, 0.05) is 6.54 Å². The predicted octanol–water partition coefficient (Wildman–Crippen LogP) is 0.949. The minimum atomic E-state index is -4.15.